The van der Waals surface area contributed by atoms with E-state index in [1.54, 1.807) is 18.2 Å². The number of anilines is 1. The summed E-state index contributed by atoms with van der Waals surface area (Å²) in [4.78, 5) is 23.4. The van der Waals surface area contributed by atoms with Crippen molar-refractivity contribution in [1.82, 2.24) is 10.6 Å². The van der Waals surface area contributed by atoms with Gasteiger partial charge in [0.1, 0.15) is 5.75 Å². The van der Waals surface area contributed by atoms with Crippen LogP contribution in [0.15, 0.2) is 18.2 Å². The number of nitrogens with one attached hydrogen (secondary N) is 2. The van der Waals surface area contributed by atoms with Crippen LogP contribution in [0, 0.1) is 0 Å². The highest BCUT2D eigenvalue weighted by Crippen LogP contribution is 2.23. The number of hydrogen-bond donors (Lipinski definition) is 3. The molecule has 0 radical (unpaired) electrons. The molecule has 4 N–H and O–H groups in total. The monoisotopic (exact) mass is 305 g/mol. The van der Waals surface area contributed by atoms with Gasteiger partial charge in [-0.15, -0.1) is 0 Å². The molecule has 6 heteroatoms. The molecule has 0 unspecified atom stereocenters. The highest BCUT2D eigenvalue weighted by Gasteiger charge is 2.17. The maximum absolute atomic E-state index is 12.2. The van der Waals surface area contributed by atoms with E-state index in [4.69, 9.17) is 10.5 Å². The van der Waals surface area contributed by atoms with Gasteiger partial charge in [0.15, 0.2) is 6.61 Å². The van der Waals surface area contributed by atoms with E-state index in [1.807, 2.05) is 0 Å². The summed E-state index contributed by atoms with van der Waals surface area (Å²) in [6.07, 6.45) is 5.65. The van der Waals surface area contributed by atoms with Gasteiger partial charge in [-0.1, -0.05) is 19.3 Å². The first-order chi connectivity index (χ1) is 10.6. The summed E-state index contributed by atoms with van der Waals surface area (Å²) in [5.41, 5.74) is 6.74. The Kier molecular flexibility index (Phi) is 5.63. The van der Waals surface area contributed by atoms with E-state index < -0.39 is 0 Å². The molecule has 6 nitrogen and oxygen atoms in total. The first-order valence-electron chi connectivity index (χ1n) is 7.64. The molecule has 1 aliphatic rings. The van der Waals surface area contributed by atoms with E-state index >= 15 is 0 Å². The lowest BCUT2D eigenvalue weighted by Crippen LogP contribution is -2.36. The van der Waals surface area contributed by atoms with Crippen molar-refractivity contribution < 1.29 is 14.3 Å². The molecule has 0 bridgehead atoms. The number of benzene rings is 1. The maximum atomic E-state index is 12.2. The van der Waals surface area contributed by atoms with Crippen molar-refractivity contribution >= 4 is 17.5 Å². The van der Waals surface area contributed by atoms with Crippen LogP contribution in [0.5, 0.6) is 5.75 Å². The Morgan fingerprint density at radius 2 is 2.00 bits per heavy atom. The Morgan fingerprint density at radius 1 is 1.27 bits per heavy atom. The molecule has 0 atom stereocenters. The molecule has 1 saturated carbocycles. The average Bonchev–Trinajstić information content (AvgIpc) is 2.54. The second kappa shape index (κ2) is 7.68. The van der Waals surface area contributed by atoms with Crippen molar-refractivity contribution in [2.45, 2.75) is 38.1 Å². The van der Waals surface area contributed by atoms with Gasteiger partial charge in [-0.2, -0.15) is 0 Å². The predicted octanol–water partition coefficient (Wildman–Crippen LogP) is 1.46. The van der Waals surface area contributed by atoms with Gasteiger partial charge in [0.2, 0.25) is 0 Å². The second-order valence-electron chi connectivity index (χ2n) is 5.52. The number of carbonyl (C=O) groups is 2. The zero-order chi connectivity index (χ0) is 15.9. The van der Waals surface area contributed by atoms with Crippen LogP contribution < -0.4 is 21.1 Å². The van der Waals surface area contributed by atoms with E-state index in [2.05, 4.69) is 10.6 Å². The molecule has 2 rings (SSSR count). The van der Waals surface area contributed by atoms with Gasteiger partial charge in [0.05, 0.1) is 5.69 Å². The standard InChI is InChI=1S/C16H23N3O3/c1-18-15(20)10-22-14-8-7-11(9-13(14)17)16(21)19-12-5-3-2-4-6-12/h7-9,12H,2-6,10,17H2,1H3,(H,18,20)(H,19,21). The highest BCUT2D eigenvalue weighted by atomic mass is 16.5. The molecule has 1 aromatic rings. The van der Waals surface area contributed by atoms with Crippen LogP contribution >= 0.6 is 0 Å². The quantitative estimate of drug-likeness (QED) is 0.718. The summed E-state index contributed by atoms with van der Waals surface area (Å²) in [5.74, 6) is 0.0489. The van der Waals surface area contributed by atoms with Gasteiger partial charge < -0.3 is 21.1 Å². The minimum atomic E-state index is -0.237. The average molecular weight is 305 g/mol. The summed E-state index contributed by atoms with van der Waals surface area (Å²) < 4.78 is 5.31. The van der Waals surface area contributed by atoms with Gasteiger partial charge in [-0.3, -0.25) is 9.59 Å². The molecular formula is C16H23N3O3. The number of likely N-dealkylation sites (N-methyl/N-ethyl adjacent to an activating group) is 1. The number of ether oxygens (including phenoxy) is 1. The summed E-state index contributed by atoms with van der Waals surface area (Å²) in [6, 6.07) is 5.12. The molecule has 0 heterocycles. The molecule has 120 valence electrons. The lowest BCUT2D eigenvalue weighted by atomic mass is 9.95. The summed E-state index contributed by atoms with van der Waals surface area (Å²) >= 11 is 0. The predicted molar refractivity (Wildman–Crippen MR) is 84.8 cm³/mol. The summed E-state index contributed by atoms with van der Waals surface area (Å²) in [5, 5.41) is 5.50. The fourth-order valence-corrected chi connectivity index (χ4v) is 2.55. The first-order valence-corrected chi connectivity index (χ1v) is 7.64. The Balaban J connectivity index is 1.95. The van der Waals surface area contributed by atoms with E-state index in [9.17, 15) is 9.59 Å². The van der Waals surface area contributed by atoms with Crippen LogP contribution in [0.2, 0.25) is 0 Å². The van der Waals surface area contributed by atoms with Crippen LogP contribution in [0.4, 0.5) is 5.69 Å². The van der Waals surface area contributed by atoms with Crippen LogP contribution in [-0.4, -0.2) is 31.5 Å². The number of hydrogen-bond acceptors (Lipinski definition) is 4. The van der Waals surface area contributed by atoms with E-state index in [1.165, 1.54) is 26.3 Å². The van der Waals surface area contributed by atoms with Crippen LogP contribution in [0.1, 0.15) is 42.5 Å². The number of amides is 2. The Morgan fingerprint density at radius 3 is 2.64 bits per heavy atom. The smallest absolute Gasteiger partial charge is 0.257 e. The molecule has 1 aromatic carbocycles. The lowest BCUT2D eigenvalue weighted by Gasteiger charge is -2.22. The normalized spacial score (nSPS) is 15.1. The molecule has 0 spiro atoms. The topological polar surface area (TPSA) is 93.4 Å². The van der Waals surface area contributed by atoms with Crippen LogP contribution in [0.3, 0.4) is 0 Å². The van der Waals surface area contributed by atoms with Crippen molar-refractivity contribution in [3.63, 3.8) is 0 Å². The van der Waals surface area contributed by atoms with Crippen molar-refractivity contribution in [3.05, 3.63) is 23.8 Å². The third-order valence-electron chi connectivity index (χ3n) is 3.85. The van der Waals surface area contributed by atoms with Gasteiger partial charge in [0.25, 0.3) is 11.8 Å². The third-order valence-corrected chi connectivity index (χ3v) is 3.85. The molecular weight excluding hydrogens is 282 g/mol. The third kappa shape index (κ3) is 4.38. The van der Waals surface area contributed by atoms with Crippen molar-refractivity contribution in [3.8, 4) is 5.75 Å². The number of nitrogen functional groups attached to an aromatic ring is 1. The van der Waals surface area contributed by atoms with Gasteiger partial charge >= 0.3 is 0 Å². The zero-order valence-corrected chi connectivity index (χ0v) is 12.9. The molecule has 0 aliphatic heterocycles. The number of rotatable bonds is 5. The Labute approximate surface area is 130 Å². The van der Waals surface area contributed by atoms with Gasteiger partial charge in [-0.25, -0.2) is 0 Å². The molecule has 1 fully saturated rings. The Bertz CT molecular complexity index is 539. The largest absolute Gasteiger partial charge is 0.482 e. The van der Waals surface area contributed by atoms with Gasteiger partial charge in [0, 0.05) is 18.7 Å². The van der Waals surface area contributed by atoms with Crippen LogP contribution in [-0.2, 0) is 4.79 Å². The fourth-order valence-electron chi connectivity index (χ4n) is 2.55. The Hall–Kier alpha value is -2.24. The molecule has 1 aliphatic carbocycles. The minimum Gasteiger partial charge on any atom is -0.482 e. The molecule has 0 saturated heterocycles. The van der Waals surface area contributed by atoms with Crippen molar-refractivity contribution in [2.24, 2.45) is 0 Å². The highest BCUT2D eigenvalue weighted by molar-refractivity contribution is 5.95. The molecule has 0 aromatic heterocycles. The zero-order valence-electron chi connectivity index (χ0n) is 12.9. The SMILES string of the molecule is CNC(=O)COc1ccc(C(=O)NC2CCCCC2)cc1N. The molecule has 22 heavy (non-hydrogen) atoms. The number of carbonyl (C=O) groups excluding carboxylic acids is 2. The molecule has 2 amide bonds. The first kappa shape index (κ1) is 16.1. The van der Waals surface area contributed by atoms with E-state index in [0.717, 1.165) is 12.8 Å². The number of nitrogens with two attached hydrogens (primary N) is 1. The van der Waals surface area contributed by atoms with E-state index in [0.29, 0.717) is 17.0 Å². The fraction of sp³-hybridized carbons (Fsp3) is 0.500. The van der Waals surface area contributed by atoms with Crippen molar-refractivity contribution in [2.75, 3.05) is 19.4 Å². The lowest BCUT2D eigenvalue weighted by molar-refractivity contribution is -0.122. The van der Waals surface area contributed by atoms with Crippen LogP contribution in [0.25, 0.3) is 0 Å². The van der Waals surface area contributed by atoms with E-state index in [-0.39, 0.29) is 24.5 Å². The maximum Gasteiger partial charge on any atom is 0.257 e. The summed E-state index contributed by atoms with van der Waals surface area (Å²) in [7, 11) is 1.54. The second-order valence-corrected chi connectivity index (χ2v) is 5.52. The summed E-state index contributed by atoms with van der Waals surface area (Å²) in [6.45, 7) is -0.103. The minimum absolute atomic E-state index is 0.103. The van der Waals surface area contributed by atoms with Crippen molar-refractivity contribution in [1.29, 1.82) is 0 Å². The van der Waals surface area contributed by atoms with Gasteiger partial charge in [-0.05, 0) is 31.0 Å².